The van der Waals surface area contributed by atoms with E-state index in [1.165, 1.54) is 158 Å². The van der Waals surface area contributed by atoms with E-state index >= 15 is 0 Å². The van der Waals surface area contributed by atoms with Crippen molar-refractivity contribution < 1.29 is 0 Å². The smallest absolute Gasteiger partial charge is 0.0518 e. The molecule has 0 radical (unpaired) electrons. The maximum Gasteiger partial charge on any atom is 0.0518 e. The van der Waals surface area contributed by atoms with Gasteiger partial charge in [0.1, 0.15) is 0 Å². The number of rotatable bonds is 6. The van der Waals surface area contributed by atoms with E-state index in [1.807, 2.05) is 0 Å². The van der Waals surface area contributed by atoms with Crippen LogP contribution in [0.1, 0.15) is 76.3 Å². The summed E-state index contributed by atoms with van der Waals surface area (Å²) in [6.07, 6.45) is 4.86. The van der Waals surface area contributed by atoms with Crippen molar-refractivity contribution in [2.24, 2.45) is 11.8 Å². The number of anilines is 4. The molecule has 2 aliphatic carbocycles. The van der Waals surface area contributed by atoms with Gasteiger partial charge in [0.25, 0.3) is 0 Å². The lowest BCUT2D eigenvalue weighted by Crippen LogP contribution is -2.45. The molecule has 0 saturated heterocycles. The van der Waals surface area contributed by atoms with Crippen LogP contribution in [0.3, 0.4) is 0 Å². The Morgan fingerprint density at radius 3 is 1.14 bits per heavy atom. The van der Waals surface area contributed by atoms with E-state index in [-0.39, 0.29) is 11.1 Å². The Morgan fingerprint density at radius 2 is 0.711 bits per heavy atom. The Bertz CT molecular complexity index is 4050. The van der Waals surface area contributed by atoms with Gasteiger partial charge < -0.3 is 9.80 Å². The molecule has 4 aliphatic rings. The molecule has 0 spiro atoms. The fourth-order valence-corrected chi connectivity index (χ4v) is 16.1. The van der Waals surface area contributed by atoms with Gasteiger partial charge in [0.15, 0.2) is 0 Å². The van der Waals surface area contributed by atoms with E-state index in [4.69, 9.17) is 0 Å². The van der Waals surface area contributed by atoms with Gasteiger partial charge in [-0.3, -0.25) is 0 Å². The highest BCUT2D eigenvalue weighted by molar-refractivity contribution is 6.33. The Labute approximate surface area is 446 Å². The van der Waals surface area contributed by atoms with Crippen LogP contribution < -0.4 is 9.80 Å². The summed E-state index contributed by atoms with van der Waals surface area (Å²) in [6.45, 7) is 10.0. The number of hydrogen-bond donors (Lipinski definition) is 0. The van der Waals surface area contributed by atoms with Crippen LogP contribution >= 0.6 is 0 Å². The van der Waals surface area contributed by atoms with Crippen LogP contribution in [0.2, 0.25) is 0 Å². The molecule has 2 heteroatoms. The minimum Gasteiger partial charge on any atom is -0.334 e. The van der Waals surface area contributed by atoms with Gasteiger partial charge in [-0.05, 0) is 222 Å². The maximum absolute atomic E-state index is 2.70. The van der Waals surface area contributed by atoms with Crippen LogP contribution in [0.15, 0.2) is 218 Å². The molecule has 366 valence electrons. The first-order valence-corrected chi connectivity index (χ1v) is 28.0. The zero-order chi connectivity index (χ0) is 50.6. The Balaban J connectivity index is 0.996. The highest BCUT2D eigenvalue weighted by atomic mass is 15.3. The van der Waals surface area contributed by atoms with Crippen molar-refractivity contribution in [3.63, 3.8) is 0 Å². The first-order chi connectivity index (χ1) is 37.3. The average molecular weight is 977 g/mol. The molecule has 0 N–H and O–H groups in total. The molecular weight excluding hydrogens is 917 g/mol. The summed E-state index contributed by atoms with van der Waals surface area (Å²) >= 11 is 0. The van der Waals surface area contributed by atoms with Gasteiger partial charge in [0.2, 0.25) is 0 Å². The minimum absolute atomic E-state index is 0.000476. The second-order valence-corrected chi connectivity index (χ2v) is 23.5. The summed E-state index contributed by atoms with van der Waals surface area (Å²) in [5, 5.41) is 13.0. The number of benzene rings is 12. The predicted octanol–water partition coefficient (Wildman–Crippen LogP) is 20.4. The quantitative estimate of drug-likeness (QED) is 0.153. The van der Waals surface area contributed by atoms with Gasteiger partial charge in [0, 0.05) is 34.6 Å². The maximum atomic E-state index is 2.70. The SMILES string of the molecule is CC1CCC2c3cc(-c4cc(-c5cccc6ccccc56)c5ccc6c(-c7ccc8c(c7)C7CCC(C)C7(C)N8c7ccccc7)cc(-c7cccc8ccccc78)c7ccc4c5c67)ccc3N(c3ccccc3)C12C. The van der Waals surface area contributed by atoms with Gasteiger partial charge in [-0.15, -0.1) is 0 Å². The van der Waals surface area contributed by atoms with Crippen molar-refractivity contribution in [3.8, 4) is 44.5 Å². The molecule has 2 heterocycles. The summed E-state index contributed by atoms with van der Waals surface area (Å²) in [5.41, 5.74) is 18.6. The van der Waals surface area contributed by atoms with Gasteiger partial charge in [0.05, 0.1) is 11.1 Å². The third-order valence-electron chi connectivity index (χ3n) is 20.1. The summed E-state index contributed by atoms with van der Waals surface area (Å²) in [5.74, 6) is 2.01. The Hall–Kier alpha value is -8.20. The average Bonchev–Trinajstić information content (AvgIpc) is 4.13. The number of nitrogens with zero attached hydrogens (tertiary/aromatic N) is 2. The normalized spacial score (nSPS) is 22.6. The monoisotopic (exact) mass is 976 g/mol. The van der Waals surface area contributed by atoms with Crippen molar-refractivity contribution in [1.82, 2.24) is 0 Å². The fourth-order valence-electron chi connectivity index (χ4n) is 16.1. The van der Waals surface area contributed by atoms with Gasteiger partial charge in [-0.2, -0.15) is 0 Å². The van der Waals surface area contributed by atoms with Gasteiger partial charge in [-0.25, -0.2) is 0 Å². The minimum atomic E-state index is -0.000476. The third-order valence-corrected chi connectivity index (χ3v) is 20.1. The van der Waals surface area contributed by atoms with Crippen molar-refractivity contribution in [2.75, 3.05) is 9.80 Å². The molecule has 2 saturated carbocycles. The molecule has 2 nitrogen and oxygen atoms in total. The summed E-state index contributed by atoms with van der Waals surface area (Å²) in [4.78, 5) is 5.39. The fraction of sp³-hybridized carbons (Fsp3) is 0.189. The predicted molar refractivity (Wildman–Crippen MR) is 323 cm³/mol. The van der Waals surface area contributed by atoms with Crippen molar-refractivity contribution in [2.45, 2.75) is 76.3 Å². The Kier molecular flexibility index (Phi) is 9.38. The molecule has 0 bridgehead atoms. The summed E-state index contributed by atoms with van der Waals surface area (Å²) in [6, 6.07) is 84.0. The van der Waals surface area contributed by atoms with E-state index in [0.717, 1.165) is 0 Å². The van der Waals surface area contributed by atoms with E-state index in [9.17, 15) is 0 Å². The molecule has 6 unspecified atom stereocenters. The molecular formula is C74H60N2. The van der Waals surface area contributed by atoms with E-state index in [0.29, 0.717) is 23.7 Å². The standard InChI is InChI=1S/C74H60N2/c1-45-29-37-67-65-41-49(31-39-69(65)75(73(45,67)3)51-21-7-5-8-22-51)61-43-63(55-27-15-19-47-17-11-13-25-53(47)55)59-36-34-58-62(44-64(60-35-33-57(61)71(59)72(58)60)56-28-16-20-48-18-12-14-26-54(48)56)50-32-40-70-66(42-50)68-38-30-46(2)74(68,4)76(70)52-23-9-6-10-24-52/h5-28,31-36,39-46,67-68H,29-30,37-38H2,1-4H3. The van der Waals surface area contributed by atoms with Crippen molar-refractivity contribution >= 4 is 76.6 Å². The molecule has 76 heavy (non-hydrogen) atoms. The second-order valence-electron chi connectivity index (χ2n) is 23.5. The highest BCUT2D eigenvalue weighted by Gasteiger charge is 2.56. The highest BCUT2D eigenvalue weighted by Crippen LogP contribution is 2.63. The third kappa shape index (κ3) is 5.93. The lowest BCUT2D eigenvalue weighted by molar-refractivity contribution is 0.355. The van der Waals surface area contributed by atoms with Crippen LogP contribution in [-0.2, 0) is 0 Å². The number of fused-ring (bicyclic) bond motifs is 8. The van der Waals surface area contributed by atoms with Crippen LogP contribution in [0.25, 0.3) is 98.4 Å². The van der Waals surface area contributed by atoms with Crippen molar-refractivity contribution in [1.29, 1.82) is 0 Å². The first-order valence-electron chi connectivity index (χ1n) is 28.0. The summed E-state index contributed by atoms with van der Waals surface area (Å²) in [7, 11) is 0. The topological polar surface area (TPSA) is 6.48 Å². The number of para-hydroxylation sites is 2. The number of hydrogen-bond acceptors (Lipinski definition) is 2. The zero-order valence-electron chi connectivity index (χ0n) is 43.8. The molecule has 2 fully saturated rings. The molecule has 0 aromatic heterocycles. The molecule has 0 amide bonds. The van der Waals surface area contributed by atoms with Crippen LogP contribution in [0, 0.1) is 11.8 Å². The van der Waals surface area contributed by atoms with Crippen LogP contribution in [0.5, 0.6) is 0 Å². The lowest BCUT2D eigenvalue weighted by Gasteiger charge is -2.41. The van der Waals surface area contributed by atoms with Crippen molar-refractivity contribution in [3.05, 3.63) is 230 Å². The summed E-state index contributed by atoms with van der Waals surface area (Å²) < 4.78 is 0. The molecule has 6 atom stereocenters. The molecule has 12 aromatic rings. The Morgan fingerprint density at radius 1 is 0.329 bits per heavy atom. The van der Waals surface area contributed by atoms with Gasteiger partial charge in [-0.1, -0.05) is 172 Å². The van der Waals surface area contributed by atoms with E-state index in [1.54, 1.807) is 0 Å². The van der Waals surface area contributed by atoms with E-state index < -0.39 is 0 Å². The lowest BCUT2D eigenvalue weighted by atomic mass is 9.79. The molecule has 16 rings (SSSR count). The zero-order valence-corrected chi connectivity index (χ0v) is 43.8. The van der Waals surface area contributed by atoms with Crippen LogP contribution in [0.4, 0.5) is 22.7 Å². The largest absolute Gasteiger partial charge is 0.334 e. The molecule has 2 aliphatic heterocycles. The van der Waals surface area contributed by atoms with Gasteiger partial charge >= 0.3 is 0 Å². The van der Waals surface area contributed by atoms with E-state index in [2.05, 4.69) is 256 Å². The molecule has 12 aromatic carbocycles. The second kappa shape index (κ2) is 16.2. The first kappa shape index (κ1) is 44.1. The van der Waals surface area contributed by atoms with Crippen LogP contribution in [-0.4, -0.2) is 11.1 Å².